The summed E-state index contributed by atoms with van der Waals surface area (Å²) in [5.41, 5.74) is 19.8. The number of primary amides is 2. The number of nitrogens with zero attached hydrogens (tertiary/aromatic N) is 2. The molecule has 0 unspecified atom stereocenters. The topological polar surface area (TPSA) is 437 Å². The number of likely N-dealkylation sites (tertiary alicyclic amines) is 1. The smallest absolute Gasteiger partial charge is 0.246 e. The van der Waals surface area contributed by atoms with Crippen LogP contribution in [0.2, 0.25) is 0 Å². The van der Waals surface area contributed by atoms with Crippen LogP contribution in [0.15, 0.2) is 102 Å². The number of H-pyrrole nitrogens is 1. The number of hydrogen-bond acceptors (Lipinski definition) is 14. The first kappa shape index (κ1) is 68.4. The van der Waals surface area contributed by atoms with Gasteiger partial charge in [-0.15, -0.1) is 0 Å². The minimum absolute atomic E-state index is 0.0278. The molecule has 0 spiro atoms. The number of carbonyl (C=O) groups is 10. The number of aromatic nitrogens is 1. The van der Waals surface area contributed by atoms with Gasteiger partial charge in [0.05, 0.1) is 24.5 Å². The number of hydrogen-bond donors (Lipinski definition) is 15. The Morgan fingerprint density at radius 2 is 1.34 bits per heavy atom. The van der Waals surface area contributed by atoms with E-state index in [9.17, 15) is 63.3 Å². The number of para-hydroxylation sites is 1. The highest BCUT2D eigenvalue weighted by atomic mass is 16.3. The van der Waals surface area contributed by atoms with Crippen molar-refractivity contribution in [2.24, 2.45) is 34.0 Å². The number of fused-ring (bicyclic) bond motifs is 1. The first-order valence-corrected chi connectivity index (χ1v) is 28.6. The second-order valence-corrected chi connectivity index (χ2v) is 21.9. The van der Waals surface area contributed by atoms with Crippen molar-refractivity contribution >= 4 is 75.9 Å². The Morgan fingerprint density at radius 3 is 1.99 bits per heavy atom. The molecule has 10 atom stereocenters. The number of nitrogens with two attached hydrogens (primary N) is 3. The zero-order valence-corrected chi connectivity index (χ0v) is 49.4. The number of aromatic amines is 1. The molecule has 470 valence electrons. The maximum Gasteiger partial charge on any atom is 0.246 e. The van der Waals surface area contributed by atoms with Crippen LogP contribution in [0.5, 0.6) is 5.75 Å². The minimum atomic E-state index is -1.80. The van der Waals surface area contributed by atoms with Gasteiger partial charge in [-0.25, -0.2) is 0 Å². The summed E-state index contributed by atoms with van der Waals surface area (Å²) in [6.45, 7) is 5.96. The fourth-order valence-corrected chi connectivity index (χ4v) is 9.94. The van der Waals surface area contributed by atoms with Crippen molar-refractivity contribution in [1.82, 2.24) is 52.4 Å². The fourth-order valence-electron chi connectivity index (χ4n) is 9.94. The second kappa shape index (κ2) is 33.4. The van der Waals surface area contributed by atoms with Gasteiger partial charge in [0.15, 0.2) is 5.96 Å². The van der Waals surface area contributed by atoms with E-state index >= 15 is 0 Å². The van der Waals surface area contributed by atoms with Gasteiger partial charge in [0.2, 0.25) is 59.1 Å². The molecule has 1 aliphatic heterocycles. The third kappa shape index (κ3) is 21.6. The van der Waals surface area contributed by atoms with Crippen LogP contribution in [0.3, 0.4) is 0 Å². The van der Waals surface area contributed by atoms with Crippen molar-refractivity contribution in [3.8, 4) is 5.75 Å². The van der Waals surface area contributed by atoms with E-state index in [2.05, 4.69) is 52.5 Å². The van der Waals surface area contributed by atoms with Gasteiger partial charge in [-0.2, -0.15) is 0 Å². The number of nitrogens with one attached hydrogen (secondary N) is 9. The molecule has 1 aliphatic rings. The summed E-state index contributed by atoms with van der Waals surface area (Å²) >= 11 is 0. The molecule has 27 nitrogen and oxygen atoms in total. The monoisotopic (exact) mass is 1210 g/mol. The molecule has 3 aromatic carbocycles. The van der Waals surface area contributed by atoms with Crippen molar-refractivity contribution in [2.75, 3.05) is 26.7 Å². The molecule has 4 aromatic rings. The molecule has 0 aliphatic carbocycles. The molecule has 27 heteroatoms. The lowest BCUT2D eigenvalue weighted by atomic mass is 9.95. The number of aliphatic imine (C=N–C) groups is 1. The molecule has 1 aromatic heterocycles. The molecular formula is C60H82N14O13. The Bertz CT molecular complexity index is 3100. The van der Waals surface area contributed by atoms with Crippen molar-refractivity contribution in [3.05, 3.63) is 114 Å². The van der Waals surface area contributed by atoms with E-state index in [1.165, 1.54) is 51.2 Å². The zero-order valence-electron chi connectivity index (χ0n) is 49.4. The lowest BCUT2D eigenvalue weighted by Crippen LogP contribution is -2.61. The summed E-state index contributed by atoms with van der Waals surface area (Å²) in [5, 5.41) is 53.3. The molecule has 0 saturated carbocycles. The largest absolute Gasteiger partial charge is 0.508 e. The van der Waals surface area contributed by atoms with E-state index in [-0.39, 0.29) is 62.8 Å². The van der Waals surface area contributed by atoms with E-state index in [4.69, 9.17) is 17.2 Å². The molecule has 1 saturated heterocycles. The molecule has 0 bridgehead atoms. The molecular weight excluding hydrogens is 1120 g/mol. The number of phenolic OH excluding ortho intramolecular Hbond substituents is 1. The molecule has 5 rings (SSSR count). The molecule has 87 heavy (non-hydrogen) atoms. The third-order valence-corrected chi connectivity index (χ3v) is 14.4. The third-order valence-electron chi connectivity index (χ3n) is 14.4. The Labute approximate surface area is 503 Å². The highest BCUT2D eigenvalue weighted by Crippen LogP contribution is 2.23. The summed E-state index contributed by atoms with van der Waals surface area (Å²) in [4.78, 5) is 144. The number of benzene rings is 3. The van der Waals surface area contributed by atoms with Crippen molar-refractivity contribution in [2.45, 2.75) is 134 Å². The second-order valence-electron chi connectivity index (χ2n) is 21.9. The first-order valence-electron chi connectivity index (χ1n) is 28.6. The highest BCUT2D eigenvalue weighted by molar-refractivity contribution is 5.99. The number of carbonyl (C=O) groups excluding carboxylic acids is 10. The van der Waals surface area contributed by atoms with Gasteiger partial charge in [0, 0.05) is 76.4 Å². The van der Waals surface area contributed by atoms with Crippen LogP contribution in [0.4, 0.5) is 0 Å². The lowest BCUT2D eigenvalue weighted by Gasteiger charge is -2.30. The lowest BCUT2D eigenvalue weighted by molar-refractivity contribution is -0.142. The normalized spacial score (nSPS) is 16.9. The SMILES string of the molecule is CN=C(N)NCCC[C@H](NC(=O)[C@@H](C=CCNC(=O)[C@H](Cc1ccccc1)NC(=O)[C@@H](NC(=O)[C@H](CC(N)=O)NC(=O)[C@@H]1C[C@@H](O)CN1C(=O)[C@@H](Cc1ccc(O)cc1)NC(C)=O)[C@@H](C)O)CC(C)C)C(=O)N[C@@H](Cc1c[nH]c2ccccc12)C(N)=O. The summed E-state index contributed by atoms with van der Waals surface area (Å²) in [6, 6.07) is 12.0. The van der Waals surface area contributed by atoms with Crippen LogP contribution >= 0.6 is 0 Å². The van der Waals surface area contributed by atoms with Gasteiger partial charge >= 0.3 is 0 Å². The predicted octanol–water partition coefficient (Wildman–Crippen LogP) is -1.82. The molecule has 0 radical (unpaired) electrons. The number of β-amino-alcohol motifs (C(OH)–C–C–N with tert-alkyl or cyclic N) is 1. The standard InChI is InChI=1S/C60H82N14O13/c1-33(2)25-38(53(81)69-44(18-12-24-66-60(63)64-5)55(83)70-45(52(62)80)28-39-31-67-43-17-10-9-16-42(39)43)15-11-23-65-54(82)46(26-36-13-7-6-8-14-36)72-58(86)51(34(3)75)73-56(84)47(30-50(61)79)71-57(85)49-29-41(78)32-74(49)59(87)48(68-35(4)76)27-37-19-21-40(77)22-20-37/h6-11,13-17,19-22,31,33-34,38,41,44-49,51,67,75,77-78H,12,18,23-30,32H2,1-5H3,(H2,61,79)(H2,62,80)(H,65,82)(H,68,76)(H,69,81)(H,70,83)(H,71,85)(H,72,86)(H,73,84)(H3,63,64,66)/t34-,38+,41-,44+,45+,46+,47+,48-,49+,51+/m1/s1. The summed E-state index contributed by atoms with van der Waals surface area (Å²) < 4.78 is 0. The van der Waals surface area contributed by atoms with Gasteiger partial charge in [-0.05, 0) is 67.0 Å². The number of amides is 10. The van der Waals surface area contributed by atoms with Crippen LogP contribution in [0.1, 0.15) is 76.5 Å². The molecule has 18 N–H and O–H groups in total. The Kier molecular flexibility index (Phi) is 26.2. The quantitative estimate of drug-likeness (QED) is 0.0111. The van der Waals surface area contributed by atoms with Gasteiger partial charge in [-0.1, -0.05) is 86.7 Å². The number of aliphatic hydroxyl groups excluding tert-OH is 2. The predicted molar refractivity (Wildman–Crippen MR) is 322 cm³/mol. The van der Waals surface area contributed by atoms with Crippen LogP contribution in [0, 0.1) is 11.8 Å². The number of rotatable bonds is 32. The number of aliphatic hydroxyl groups is 2. The van der Waals surface area contributed by atoms with Gasteiger partial charge < -0.3 is 84.9 Å². The Hall–Kier alpha value is -9.37. The first-order chi connectivity index (χ1) is 41.3. The van der Waals surface area contributed by atoms with Crippen LogP contribution in [0.25, 0.3) is 10.9 Å². The Morgan fingerprint density at radius 1 is 0.713 bits per heavy atom. The van der Waals surface area contributed by atoms with Crippen molar-refractivity contribution < 1.29 is 63.3 Å². The number of guanidine groups is 1. The van der Waals surface area contributed by atoms with E-state index in [0.717, 1.165) is 21.4 Å². The summed E-state index contributed by atoms with van der Waals surface area (Å²) in [5.74, 6) is -8.98. The number of aromatic hydroxyl groups is 1. The average Bonchev–Trinajstić information content (AvgIpc) is 3.52. The average molecular weight is 1210 g/mol. The van der Waals surface area contributed by atoms with E-state index in [1.807, 2.05) is 38.1 Å². The van der Waals surface area contributed by atoms with E-state index in [0.29, 0.717) is 30.5 Å². The zero-order chi connectivity index (χ0) is 63.9. The molecule has 2 heterocycles. The summed E-state index contributed by atoms with van der Waals surface area (Å²) in [6.07, 6.45) is 1.58. The minimum Gasteiger partial charge on any atom is -0.508 e. The Balaban J connectivity index is 1.28. The molecule has 10 amide bonds. The van der Waals surface area contributed by atoms with Gasteiger partial charge in [0.25, 0.3) is 0 Å². The van der Waals surface area contributed by atoms with Crippen molar-refractivity contribution in [1.29, 1.82) is 0 Å². The highest BCUT2D eigenvalue weighted by Gasteiger charge is 2.43. The van der Waals surface area contributed by atoms with E-state index in [1.54, 1.807) is 42.6 Å². The molecule has 1 fully saturated rings. The fraction of sp³-hybridized carbons (Fsp3) is 0.450. The van der Waals surface area contributed by atoms with Crippen molar-refractivity contribution in [3.63, 3.8) is 0 Å². The number of phenols is 1. The van der Waals surface area contributed by atoms with Crippen LogP contribution < -0.4 is 59.7 Å². The maximum atomic E-state index is 14.2. The van der Waals surface area contributed by atoms with Crippen LogP contribution in [-0.2, 0) is 67.2 Å². The maximum absolute atomic E-state index is 14.2. The van der Waals surface area contributed by atoms with Crippen LogP contribution in [-0.4, -0.2) is 171 Å². The van der Waals surface area contributed by atoms with Gasteiger partial charge in [0.1, 0.15) is 48.0 Å². The van der Waals surface area contributed by atoms with E-state index < -0.39 is 126 Å². The van der Waals surface area contributed by atoms with Gasteiger partial charge in [-0.3, -0.25) is 52.9 Å². The summed E-state index contributed by atoms with van der Waals surface area (Å²) in [7, 11) is 1.51.